The van der Waals surface area contributed by atoms with E-state index in [1.54, 1.807) is 50.1 Å². The van der Waals surface area contributed by atoms with Crippen molar-refractivity contribution in [2.45, 2.75) is 37.0 Å². The van der Waals surface area contributed by atoms with Crippen LogP contribution in [0.2, 0.25) is 0 Å². The van der Waals surface area contributed by atoms with Crippen molar-refractivity contribution in [3.63, 3.8) is 0 Å². The van der Waals surface area contributed by atoms with E-state index in [1.165, 1.54) is 17.3 Å². The first-order valence-corrected chi connectivity index (χ1v) is 12.8. The fraction of sp³-hybridized carbons (Fsp3) is 0.269. The van der Waals surface area contributed by atoms with Crippen LogP contribution in [0.3, 0.4) is 0 Å². The minimum Gasteiger partial charge on any atom is -0.497 e. The first-order chi connectivity index (χ1) is 16.6. The van der Waals surface area contributed by atoms with E-state index in [0.29, 0.717) is 23.6 Å². The molecule has 0 fully saturated rings. The van der Waals surface area contributed by atoms with Gasteiger partial charge in [0.05, 0.1) is 30.5 Å². The lowest BCUT2D eigenvalue weighted by Crippen LogP contribution is -2.25. The summed E-state index contributed by atoms with van der Waals surface area (Å²) < 4.78 is 10.7. The van der Waals surface area contributed by atoms with Gasteiger partial charge in [0.2, 0.25) is 5.91 Å². The molecule has 176 valence electrons. The maximum atomic E-state index is 13.2. The van der Waals surface area contributed by atoms with E-state index in [4.69, 9.17) is 9.47 Å². The van der Waals surface area contributed by atoms with Crippen molar-refractivity contribution in [3.05, 3.63) is 59.7 Å². The molecule has 2 aromatic heterocycles. The predicted molar refractivity (Wildman–Crippen MR) is 140 cm³/mol. The summed E-state index contributed by atoms with van der Waals surface area (Å²) in [5, 5.41) is 6.58. The van der Waals surface area contributed by atoms with Crippen LogP contribution in [0.1, 0.15) is 25.8 Å². The second kappa shape index (κ2) is 10.9. The van der Waals surface area contributed by atoms with Gasteiger partial charge in [-0.25, -0.2) is 9.97 Å². The zero-order valence-corrected chi connectivity index (χ0v) is 21.3. The number of benzene rings is 2. The molecule has 0 radical (unpaired) electrons. The zero-order valence-electron chi connectivity index (χ0n) is 19.6. The van der Waals surface area contributed by atoms with Gasteiger partial charge in [0.25, 0.3) is 0 Å². The van der Waals surface area contributed by atoms with Gasteiger partial charge in [-0.3, -0.25) is 4.79 Å². The van der Waals surface area contributed by atoms with E-state index in [1.807, 2.05) is 6.92 Å². The molecule has 6 nitrogen and oxygen atoms in total. The predicted octanol–water partition coefficient (Wildman–Crippen LogP) is 6.45. The molecule has 1 amide bonds. The molecule has 4 aromatic rings. The summed E-state index contributed by atoms with van der Waals surface area (Å²) >= 11 is 3.05. The highest BCUT2D eigenvalue weighted by Crippen LogP contribution is 2.40. The Kier molecular flexibility index (Phi) is 7.70. The van der Waals surface area contributed by atoms with Crippen molar-refractivity contribution >= 4 is 44.9 Å². The van der Waals surface area contributed by atoms with Crippen LogP contribution >= 0.6 is 23.1 Å². The fourth-order valence-electron chi connectivity index (χ4n) is 3.65. The number of hydrogen-bond donors (Lipinski definition) is 1. The third-order valence-electron chi connectivity index (χ3n) is 5.59. The number of carbonyl (C=O) groups excluding carboxylic acids is 1. The van der Waals surface area contributed by atoms with Gasteiger partial charge >= 0.3 is 0 Å². The summed E-state index contributed by atoms with van der Waals surface area (Å²) in [4.78, 5) is 23.2. The molecule has 2 heterocycles. The average molecular weight is 494 g/mol. The van der Waals surface area contributed by atoms with E-state index in [2.05, 4.69) is 51.9 Å². The normalized spacial score (nSPS) is 11.9. The largest absolute Gasteiger partial charge is 0.497 e. The Balaban J connectivity index is 1.63. The number of fused-ring (bicyclic) bond motifs is 1. The second-order valence-electron chi connectivity index (χ2n) is 7.63. The van der Waals surface area contributed by atoms with Gasteiger partial charge in [-0.1, -0.05) is 49.9 Å². The van der Waals surface area contributed by atoms with Crippen molar-refractivity contribution in [2.75, 3.05) is 19.5 Å². The molecule has 0 spiro atoms. The van der Waals surface area contributed by atoms with E-state index in [0.717, 1.165) is 32.8 Å². The van der Waals surface area contributed by atoms with Crippen molar-refractivity contribution in [1.29, 1.82) is 0 Å². The van der Waals surface area contributed by atoms with Crippen molar-refractivity contribution in [1.82, 2.24) is 9.97 Å². The van der Waals surface area contributed by atoms with Crippen LogP contribution in [0.15, 0.2) is 59.2 Å². The molecular weight excluding hydrogens is 466 g/mol. The lowest BCUT2D eigenvalue weighted by Gasteiger charge is -2.17. The van der Waals surface area contributed by atoms with Gasteiger partial charge in [-0.15, -0.1) is 11.3 Å². The average Bonchev–Trinajstić information content (AvgIpc) is 3.32. The summed E-state index contributed by atoms with van der Waals surface area (Å²) in [6.45, 7) is 4.14. The molecule has 0 bridgehead atoms. The molecule has 1 N–H and O–H groups in total. The Morgan fingerprint density at radius 1 is 1.09 bits per heavy atom. The number of thioether (sulfide) groups is 1. The van der Waals surface area contributed by atoms with Crippen LogP contribution in [0.25, 0.3) is 21.3 Å². The second-order valence-corrected chi connectivity index (χ2v) is 9.68. The monoisotopic (exact) mass is 493 g/mol. The van der Waals surface area contributed by atoms with Crippen LogP contribution in [0.5, 0.6) is 11.5 Å². The molecular formula is C26H27N3O3S2. The van der Waals surface area contributed by atoms with Gasteiger partial charge in [-0.05, 0) is 36.1 Å². The third kappa shape index (κ3) is 5.03. The summed E-state index contributed by atoms with van der Waals surface area (Å²) in [7, 11) is 3.17. The third-order valence-corrected chi connectivity index (χ3v) is 7.84. The number of carbonyl (C=O) groups is 1. The van der Waals surface area contributed by atoms with Gasteiger partial charge in [0, 0.05) is 17.0 Å². The topological polar surface area (TPSA) is 73.3 Å². The van der Waals surface area contributed by atoms with Crippen molar-refractivity contribution in [3.8, 4) is 22.6 Å². The lowest BCUT2D eigenvalue weighted by atomic mass is 10.0. The van der Waals surface area contributed by atoms with Gasteiger partial charge in [0.1, 0.15) is 27.7 Å². The number of nitrogens with one attached hydrogen (secondary N) is 1. The van der Waals surface area contributed by atoms with Crippen LogP contribution in [0, 0.1) is 0 Å². The van der Waals surface area contributed by atoms with Crippen molar-refractivity contribution < 1.29 is 14.3 Å². The fourth-order valence-corrected chi connectivity index (χ4v) is 5.67. The number of aromatic nitrogens is 2. The molecule has 34 heavy (non-hydrogen) atoms. The summed E-state index contributed by atoms with van der Waals surface area (Å²) in [5.74, 6) is 1.11. The Labute approximate surface area is 207 Å². The van der Waals surface area contributed by atoms with E-state index >= 15 is 0 Å². The minimum absolute atomic E-state index is 0.116. The zero-order chi connectivity index (χ0) is 24.1. The first-order valence-electron chi connectivity index (χ1n) is 11.1. The molecule has 0 saturated heterocycles. The molecule has 1 unspecified atom stereocenters. The van der Waals surface area contributed by atoms with Gasteiger partial charge in [0.15, 0.2) is 0 Å². The number of amides is 1. The maximum absolute atomic E-state index is 13.2. The smallest absolute Gasteiger partial charge is 0.238 e. The van der Waals surface area contributed by atoms with Crippen LogP contribution < -0.4 is 14.8 Å². The highest BCUT2D eigenvalue weighted by atomic mass is 32.2. The highest BCUT2D eigenvalue weighted by molar-refractivity contribution is 8.00. The number of nitrogens with zero attached hydrogens (tertiary/aromatic N) is 2. The number of aryl methyl sites for hydroxylation is 1. The summed E-state index contributed by atoms with van der Waals surface area (Å²) in [6, 6.07) is 13.9. The Morgan fingerprint density at radius 3 is 2.56 bits per heavy atom. The number of thiophene rings is 1. The summed E-state index contributed by atoms with van der Waals surface area (Å²) in [5.41, 5.74) is 4.09. The van der Waals surface area contributed by atoms with E-state index in [9.17, 15) is 4.79 Å². The number of rotatable bonds is 9. The Bertz CT molecular complexity index is 1290. The van der Waals surface area contributed by atoms with Gasteiger partial charge in [-0.2, -0.15) is 0 Å². The molecule has 8 heteroatoms. The first kappa shape index (κ1) is 24.0. The molecule has 0 aliphatic carbocycles. The van der Waals surface area contributed by atoms with Crippen LogP contribution in [0.4, 0.5) is 5.69 Å². The van der Waals surface area contributed by atoms with Crippen LogP contribution in [-0.2, 0) is 11.2 Å². The number of hydrogen-bond acceptors (Lipinski definition) is 7. The Morgan fingerprint density at radius 2 is 1.88 bits per heavy atom. The lowest BCUT2D eigenvalue weighted by molar-refractivity contribution is -0.115. The molecule has 0 aliphatic heterocycles. The number of methoxy groups -OCH3 is 2. The summed E-state index contributed by atoms with van der Waals surface area (Å²) in [6.07, 6.45) is 3.21. The number of ether oxygens (including phenoxy) is 2. The quantitative estimate of drug-likeness (QED) is 0.213. The standard InChI is InChI=1S/C26H27N3O3S2/c1-5-16-7-9-17(10-8-16)19-14-33-25-23(19)26(28-15-27-25)34-22(6-2)24(30)29-20-13-18(31-3)11-12-21(20)32-4/h7-15,22H,5-6H2,1-4H3,(H,29,30). The Hall–Kier alpha value is -3.10. The van der Waals surface area contributed by atoms with E-state index < -0.39 is 0 Å². The van der Waals surface area contributed by atoms with Gasteiger partial charge < -0.3 is 14.8 Å². The molecule has 1 atom stereocenters. The molecule has 0 aliphatic rings. The highest BCUT2D eigenvalue weighted by Gasteiger charge is 2.23. The van der Waals surface area contributed by atoms with Crippen molar-refractivity contribution in [2.24, 2.45) is 0 Å². The van der Waals surface area contributed by atoms with E-state index in [-0.39, 0.29) is 11.2 Å². The number of anilines is 1. The maximum Gasteiger partial charge on any atom is 0.238 e. The molecule has 0 saturated carbocycles. The molecule has 2 aromatic carbocycles. The molecule has 4 rings (SSSR count). The van der Waals surface area contributed by atoms with Crippen LogP contribution in [-0.4, -0.2) is 35.3 Å². The minimum atomic E-state index is -0.343. The SMILES string of the molecule is CCc1ccc(-c2csc3ncnc(SC(CC)C(=O)Nc4cc(OC)ccc4OC)c23)cc1.